The topological polar surface area (TPSA) is 74.6 Å². The van der Waals surface area contributed by atoms with E-state index in [-0.39, 0.29) is 28.5 Å². The van der Waals surface area contributed by atoms with Crippen LogP contribution in [0.3, 0.4) is 0 Å². The molecule has 0 atom stereocenters. The van der Waals surface area contributed by atoms with Crippen molar-refractivity contribution in [3.05, 3.63) is 33.2 Å². The van der Waals surface area contributed by atoms with Crippen LogP contribution in [0.4, 0.5) is 0 Å². The van der Waals surface area contributed by atoms with Gasteiger partial charge in [-0.1, -0.05) is 0 Å². The molecule has 1 fully saturated rings. The van der Waals surface area contributed by atoms with E-state index in [2.05, 4.69) is 0 Å². The number of carbonyl (C=O) groups excluding carboxylic acids is 2. The summed E-state index contributed by atoms with van der Waals surface area (Å²) in [6, 6.07) is 1.51. The van der Waals surface area contributed by atoms with Gasteiger partial charge >= 0.3 is 5.97 Å². The fourth-order valence-corrected chi connectivity index (χ4v) is 2.75. The van der Waals surface area contributed by atoms with Crippen LogP contribution < -0.4 is 5.56 Å². The van der Waals surface area contributed by atoms with E-state index < -0.39 is 5.97 Å². The van der Waals surface area contributed by atoms with Gasteiger partial charge in [0, 0.05) is 32.7 Å². The first-order valence-electron chi connectivity index (χ1n) is 6.88. The van der Waals surface area contributed by atoms with E-state index in [0.29, 0.717) is 18.8 Å². The summed E-state index contributed by atoms with van der Waals surface area (Å²) in [5.74, 6) is -0.903. The van der Waals surface area contributed by atoms with Gasteiger partial charge in [0.1, 0.15) is 5.69 Å². The monoisotopic (exact) mass is 293 g/mol. The Morgan fingerprint density at radius 1 is 1.33 bits per heavy atom. The van der Waals surface area contributed by atoms with E-state index in [9.17, 15) is 14.4 Å². The average molecular weight is 293 g/mol. The highest BCUT2D eigenvalue weighted by Gasteiger charge is 2.26. The van der Waals surface area contributed by atoms with Crippen molar-refractivity contribution in [2.45, 2.75) is 25.7 Å². The summed E-state index contributed by atoms with van der Waals surface area (Å²) in [6.45, 7) is 2.51. The van der Waals surface area contributed by atoms with Crippen molar-refractivity contribution in [3.8, 4) is 0 Å². The Morgan fingerprint density at radius 2 is 1.95 bits per heavy atom. The highest BCUT2D eigenvalue weighted by molar-refractivity contribution is 6.04. The number of methoxy groups -OCH3 is 1. The lowest BCUT2D eigenvalue weighted by molar-refractivity contribution is 0.0595. The zero-order valence-electron chi connectivity index (χ0n) is 12.5. The van der Waals surface area contributed by atoms with Crippen molar-refractivity contribution in [2.75, 3.05) is 20.3 Å². The molecule has 0 amide bonds. The molecule has 6 nitrogen and oxygen atoms in total. The van der Waals surface area contributed by atoms with Crippen LogP contribution in [0.2, 0.25) is 0 Å². The van der Waals surface area contributed by atoms with Gasteiger partial charge in [-0.2, -0.15) is 0 Å². The first-order valence-corrected chi connectivity index (χ1v) is 6.88. The van der Waals surface area contributed by atoms with Crippen LogP contribution in [-0.4, -0.2) is 36.6 Å². The molecule has 0 unspecified atom stereocenters. The molecule has 1 saturated heterocycles. The van der Waals surface area contributed by atoms with Crippen LogP contribution in [0.15, 0.2) is 10.9 Å². The number of carbonyl (C=O) groups is 2. The molecule has 21 heavy (non-hydrogen) atoms. The summed E-state index contributed by atoms with van der Waals surface area (Å²) in [6.07, 6.45) is 1.46. The van der Waals surface area contributed by atoms with Crippen LogP contribution in [0.5, 0.6) is 0 Å². The number of Topliss-reactive ketones (excluding diaryl/α,β-unsaturated/α-hetero) is 1. The van der Waals surface area contributed by atoms with E-state index >= 15 is 0 Å². The quantitative estimate of drug-likeness (QED) is 0.619. The number of hydrogen-bond donors (Lipinski definition) is 0. The van der Waals surface area contributed by atoms with Crippen molar-refractivity contribution >= 4 is 11.8 Å². The number of rotatable bonds is 3. The Morgan fingerprint density at radius 3 is 2.48 bits per heavy atom. The highest BCUT2D eigenvalue weighted by Crippen LogP contribution is 2.26. The number of ketones is 1. The summed E-state index contributed by atoms with van der Waals surface area (Å²) < 4.78 is 11.3. The molecule has 0 saturated carbocycles. The van der Waals surface area contributed by atoms with Crippen molar-refractivity contribution in [1.82, 2.24) is 4.57 Å². The van der Waals surface area contributed by atoms with Crippen molar-refractivity contribution in [2.24, 2.45) is 7.05 Å². The zero-order valence-corrected chi connectivity index (χ0v) is 12.5. The standard InChI is InChI=1S/C15H19NO5/c1-9(17)13-12(15(19)20-3)8-11(14(18)16(13)2)10-4-6-21-7-5-10/h8,10H,4-7H2,1-3H3. The summed E-state index contributed by atoms with van der Waals surface area (Å²) in [7, 11) is 2.76. The number of aromatic nitrogens is 1. The summed E-state index contributed by atoms with van der Waals surface area (Å²) in [5, 5.41) is 0. The lowest BCUT2D eigenvalue weighted by Crippen LogP contribution is -2.31. The van der Waals surface area contributed by atoms with Crippen molar-refractivity contribution in [3.63, 3.8) is 0 Å². The number of nitrogens with zero attached hydrogens (tertiary/aromatic N) is 1. The molecule has 0 bridgehead atoms. The molecule has 2 heterocycles. The number of pyridine rings is 1. The molecule has 2 rings (SSSR count). The maximum absolute atomic E-state index is 12.5. The highest BCUT2D eigenvalue weighted by atomic mass is 16.5. The summed E-state index contributed by atoms with van der Waals surface area (Å²) in [4.78, 5) is 36.2. The van der Waals surface area contributed by atoms with E-state index in [0.717, 1.165) is 12.8 Å². The molecule has 114 valence electrons. The fraction of sp³-hybridized carbons (Fsp3) is 0.533. The van der Waals surface area contributed by atoms with Crippen LogP contribution >= 0.6 is 0 Å². The minimum Gasteiger partial charge on any atom is -0.465 e. The maximum atomic E-state index is 12.5. The van der Waals surface area contributed by atoms with Crippen molar-refractivity contribution < 1.29 is 19.1 Å². The second kappa shape index (κ2) is 6.22. The third-order valence-corrected chi connectivity index (χ3v) is 3.84. The third kappa shape index (κ3) is 2.90. The molecule has 0 aromatic carbocycles. The minimum absolute atomic E-state index is 0.0434. The normalized spacial score (nSPS) is 15.8. The third-order valence-electron chi connectivity index (χ3n) is 3.84. The van der Waals surface area contributed by atoms with Gasteiger partial charge in [-0.15, -0.1) is 0 Å². The molecule has 0 aliphatic carbocycles. The Balaban J connectivity index is 2.62. The van der Waals surface area contributed by atoms with Gasteiger partial charge in [-0.05, 0) is 24.8 Å². The molecule has 1 aliphatic rings. The van der Waals surface area contributed by atoms with Crippen LogP contribution in [0, 0.1) is 0 Å². The molecule has 0 N–H and O–H groups in total. The zero-order chi connectivity index (χ0) is 15.6. The Labute approximate surface area is 122 Å². The predicted octanol–water partition coefficient (Wildman–Crippen LogP) is 1.27. The van der Waals surface area contributed by atoms with Crippen LogP contribution in [0.1, 0.15) is 52.1 Å². The summed E-state index contributed by atoms with van der Waals surface area (Å²) >= 11 is 0. The smallest absolute Gasteiger partial charge is 0.340 e. The van der Waals surface area contributed by atoms with E-state index in [1.807, 2.05) is 0 Å². The molecule has 1 aliphatic heterocycles. The first-order chi connectivity index (χ1) is 9.97. The fourth-order valence-electron chi connectivity index (χ4n) is 2.75. The van der Waals surface area contributed by atoms with Gasteiger partial charge < -0.3 is 14.0 Å². The lowest BCUT2D eigenvalue weighted by Gasteiger charge is -2.23. The second-order valence-electron chi connectivity index (χ2n) is 5.16. The van der Waals surface area contributed by atoms with E-state index in [1.165, 1.54) is 31.7 Å². The molecular weight excluding hydrogens is 274 g/mol. The number of esters is 1. The first kappa shape index (κ1) is 15.4. The van der Waals surface area contributed by atoms with Gasteiger partial charge in [0.05, 0.1) is 12.7 Å². The Hall–Kier alpha value is -1.95. The molecule has 0 radical (unpaired) electrons. The minimum atomic E-state index is -0.607. The van der Waals surface area contributed by atoms with Gasteiger partial charge in [-0.25, -0.2) is 4.79 Å². The molecule has 1 aromatic heterocycles. The van der Waals surface area contributed by atoms with Crippen LogP contribution in [-0.2, 0) is 16.5 Å². The van der Waals surface area contributed by atoms with E-state index in [1.54, 1.807) is 0 Å². The Kier molecular flexibility index (Phi) is 4.57. The lowest BCUT2D eigenvalue weighted by atomic mass is 9.91. The molecular formula is C15H19NO5. The molecule has 0 spiro atoms. The second-order valence-corrected chi connectivity index (χ2v) is 5.16. The molecule has 6 heteroatoms. The Bertz CT molecular complexity index is 626. The number of ether oxygens (including phenoxy) is 2. The average Bonchev–Trinajstić information content (AvgIpc) is 2.49. The predicted molar refractivity (Wildman–Crippen MR) is 75.8 cm³/mol. The van der Waals surface area contributed by atoms with E-state index in [4.69, 9.17) is 9.47 Å². The van der Waals surface area contributed by atoms with Gasteiger partial charge in [0.2, 0.25) is 0 Å². The van der Waals surface area contributed by atoms with Gasteiger partial charge in [0.25, 0.3) is 5.56 Å². The maximum Gasteiger partial charge on any atom is 0.340 e. The molecule has 1 aromatic rings. The SMILES string of the molecule is COC(=O)c1cc(C2CCOCC2)c(=O)n(C)c1C(C)=O. The largest absolute Gasteiger partial charge is 0.465 e. The van der Waals surface area contributed by atoms with Crippen molar-refractivity contribution in [1.29, 1.82) is 0 Å². The van der Waals surface area contributed by atoms with Gasteiger partial charge in [-0.3, -0.25) is 9.59 Å². The number of hydrogen-bond acceptors (Lipinski definition) is 5. The van der Waals surface area contributed by atoms with Gasteiger partial charge in [0.15, 0.2) is 5.78 Å². The summed E-state index contributed by atoms with van der Waals surface area (Å²) in [5.41, 5.74) is 0.544. The van der Waals surface area contributed by atoms with Crippen LogP contribution in [0.25, 0.3) is 0 Å².